The first-order chi connectivity index (χ1) is 6.07. The van der Waals surface area contributed by atoms with Crippen LogP contribution in [0.2, 0.25) is 0 Å². The highest BCUT2D eigenvalue weighted by Crippen LogP contribution is 2.31. The maximum atomic E-state index is 9.68. The monoisotopic (exact) mass is 178 g/mol. The molecule has 0 radical (unpaired) electrons. The summed E-state index contributed by atoms with van der Waals surface area (Å²) in [5.74, 6) is 0.488. The van der Waals surface area contributed by atoms with Crippen LogP contribution in [0.4, 0.5) is 0 Å². The average Bonchev–Trinajstić information content (AvgIpc) is 2.11. The van der Waals surface area contributed by atoms with Crippen molar-refractivity contribution in [2.45, 2.75) is 20.3 Å². The smallest absolute Gasteiger partial charge is 0.122 e. The molecule has 2 heteroatoms. The van der Waals surface area contributed by atoms with Crippen molar-refractivity contribution >= 4 is 0 Å². The van der Waals surface area contributed by atoms with Crippen molar-refractivity contribution in [1.29, 1.82) is 0 Å². The highest BCUT2D eigenvalue weighted by atomic mass is 16.3. The van der Waals surface area contributed by atoms with Crippen molar-refractivity contribution in [2.24, 2.45) is 0 Å². The van der Waals surface area contributed by atoms with E-state index in [1.54, 1.807) is 26.0 Å². The molecule has 0 saturated heterocycles. The topological polar surface area (TPSA) is 40.5 Å². The van der Waals surface area contributed by atoms with Gasteiger partial charge in [-0.05, 0) is 37.5 Å². The van der Waals surface area contributed by atoms with Crippen molar-refractivity contribution in [3.05, 3.63) is 35.4 Å². The van der Waals surface area contributed by atoms with Gasteiger partial charge in [0.2, 0.25) is 0 Å². The second-order valence-electron chi connectivity index (χ2n) is 3.15. The normalized spacial score (nSPS) is 10.0. The molecule has 0 aliphatic carbocycles. The molecule has 0 unspecified atom stereocenters. The second kappa shape index (κ2) is 3.52. The summed E-state index contributed by atoms with van der Waals surface area (Å²) in [6.07, 6.45) is 2.27. The molecule has 0 bridgehead atoms. The van der Waals surface area contributed by atoms with Crippen molar-refractivity contribution in [3.8, 4) is 11.5 Å². The van der Waals surface area contributed by atoms with E-state index >= 15 is 0 Å². The van der Waals surface area contributed by atoms with Crippen LogP contribution in [0.1, 0.15) is 16.7 Å². The van der Waals surface area contributed by atoms with E-state index in [1.807, 2.05) is 0 Å². The number of benzene rings is 1. The lowest BCUT2D eigenvalue weighted by molar-refractivity contribution is 0.448. The third kappa shape index (κ3) is 1.66. The summed E-state index contributed by atoms with van der Waals surface area (Å²) in [7, 11) is 0. The van der Waals surface area contributed by atoms with Crippen molar-refractivity contribution < 1.29 is 10.2 Å². The minimum atomic E-state index is 0.229. The standard InChI is InChI=1S/C11H14O2/c1-4-5-9-6-10(12)7(2)8(3)11(9)13/h4,6,12-13H,1,5H2,2-3H3. The summed E-state index contributed by atoms with van der Waals surface area (Å²) in [6, 6.07) is 1.58. The summed E-state index contributed by atoms with van der Waals surface area (Å²) >= 11 is 0. The number of phenols is 2. The van der Waals surface area contributed by atoms with E-state index < -0.39 is 0 Å². The number of phenolic OH excluding ortho intramolecular Hbond substituents is 2. The molecule has 0 aliphatic heterocycles. The van der Waals surface area contributed by atoms with Crippen LogP contribution in [0, 0.1) is 13.8 Å². The number of hydrogen-bond donors (Lipinski definition) is 2. The van der Waals surface area contributed by atoms with E-state index in [9.17, 15) is 10.2 Å². The lowest BCUT2D eigenvalue weighted by Gasteiger charge is -2.09. The van der Waals surface area contributed by atoms with Crippen LogP contribution in [0.25, 0.3) is 0 Å². The highest BCUT2D eigenvalue weighted by Gasteiger charge is 2.09. The first-order valence-electron chi connectivity index (χ1n) is 4.19. The Labute approximate surface area is 78.2 Å². The van der Waals surface area contributed by atoms with Crippen molar-refractivity contribution in [1.82, 2.24) is 0 Å². The predicted molar refractivity (Wildman–Crippen MR) is 53.1 cm³/mol. The van der Waals surface area contributed by atoms with Crippen LogP contribution >= 0.6 is 0 Å². The maximum absolute atomic E-state index is 9.68. The zero-order valence-electron chi connectivity index (χ0n) is 7.96. The summed E-state index contributed by atoms with van der Waals surface area (Å²) in [5, 5.41) is 19.2. The van der Waals surface area contributed by atoms with Crippen LogP contribution in [-0.2, 0) is 6.42 Å². The molecule has 2 nitrogen and oxygen atoms in total. The van der Waals surface area contributed by atoms with Crippen LogP contribution in [0.5, 0.6) is 11.5 Å². The molecule has 2 N–H and O–H groups in total. The van der Waals surface area contributed by atoms with Gasteiger partial charge in [-0.15, -0.1) is 6.58 Å². The van der Waals surface area contributed by atoms with Crippen LogP contribution in [0.3, 0.4) is 0 Å². The molecule has 0 atom stereocenters. The molecule has 0 aliphatic rings. The van der Waals surface area contributed by atoms with Crippen molar-refractivity contribution in [3.63, 3.8) is 0 Å². The molecule has 0 fully saturated rings. The van der Waals surface area contributed by atoms with Gasteiger partial charge >= 0.3 is 0 Å². The minimum absolute atomic E-state index is 0.229. The van der Waals surface area contributed by atoms with Gasteiger partial charge in [0.15, 0.2) is 0 Å². The lowest BCUT2D eigenvalue weighted by Crippen LogP contribution is -1.89. The Hall–Kier alpha value is -1.44. The largest absolute Gasteiger partial charge is 0.508 e. The summed E-state index contributed by atoms with van der Waals surface area (Å²) in [6.45, 7) is 7.15. The lowest BCUT2D eigenvalue weighted by atomic mass is 10.0. The quantitative estimate of drug-likeness (QED) is 0.539. The Morgan fingerprint density at radius 1 is 1.31 bits per heavy atom. The van der Waals surface area contributed by atoms with Crippen LogP contribution in [0.15, 0.2) is 18.7 Å². The van der Waals surface area contributed by atoms with Gasteiger partial charge in [-0.25, -0.2) is 0 Å². The van der Waals surface area contributed by atoms with Crippen LogP contribution < -0.4 is 0 Å². The van der Waals surface area contributed by atoms with Crippen molar-refractivity contribution in [2.75, 3.05) is 0 Å². The van der Waals surface area contributed by atoms with Gasteiger partial charge in [0.1, 0.15) is 11.5 Å². The molecular weight excluding hydrogens is 164 g/mol. The molecule has 1 rings (SSSR count). The van der Waals surface area contributed by atoms with E-state index in [0.29, 0.717) is 6.42 Å². The number of rotatable bonds is 2. The Balaban J connectivity index is 3.31. The molecule has 1 aromatic rings. The summed E-state index contributed by atoms with van der Waals surface area (Å²) < 4.78 is 0. The summed E-state index contributed by atoms with van der Waals surface area (Å²) in [4.78, 5) is 0. The van der Waals surface area contributed by atoms with Gasteiger partial charge in [-0.1, -0.05) is 6.08 Å². The molecule has 0 aromatic heterocycles. The second-order valence-corrected chi connectivity index (χ2v) is 3.15. The van der Waals surface area contributed by atoms with E-state index in [-0.39, 0.29) is 11.5 Å². The molecule has 0 heterocycles. The number of allylic oxidation sites excluding steroid dienone is 1. The maximum Gasteiger partial charge on any atom is 0.122 e. The molecular formula is C11H14O2. The first kappa shape index (κ1) is 9.65. The average molecular weight is 178 g/mol. The van der Waals surface area contributed by atoms with Gasteiger partial charge in [-0.3, -0.25) is 0 Å². The summed E-state index contributed by atoms with van der Waals surface area (Å²) in [5.41, 5.74) is 2.18. The zero-order chi connectivity index (χ0) is 10.0. The van der Waals surface area contributed by atoms with Crippen LogP contribution in [-0.4, -0.2) is 10.2 Å². The van der Waals surface area contributed by atoms with E-state index in [2.05, 4.69) is 6.58 Å². The van der Waals surface area contributed by atoms with Gasteiger partial charge < -0.3 is 10.2 Å². The molecule has 0 amide bonds. The zero-order valence-corrected chi connectivity index (χ0v) is 7.96. The fourth-order valence-corrected chi connectivity index (χ4v) is 1.26. The minimum Gasteiger partial charge on any atom is -0.508 e. The number of aromatic hydroxyl groups is 2. The van der Waals surface area contributed by atoms with E-state index in [1.165, 1.54) is 0 Å². The Kier molecular flexibility index (Phi) is 2.61. The molecule has 13 heavy (non-hydrogen) atoms. The van der Waals surface area contributed by atoms with Gasteiger partial charge in [0.25, 0.3) is 0 Å². The van der Waals surface area contributed by atoms with Gasteiger partial charge in [-0.2, -0.15) is 0 Å². The Morgan fingerprint density at radius 3 is 2.46 bits per heavy atom. The fraction of sp³-hybridized carbons (Fsp3) is 0.273. The Bertz CT molecular complexity index is 340. The fourth-order valence-electron chi connectivity index (χ4n) is 1.26. The third-order valence-electron chi connectivity index (χ3n) is 2.28. The Morgan fingerprint density at radius 2 is 1.92 bits per heavy atom. The van der Waals surface area contributed by atoms with Gasteiger partial charge in [0.05, 0.1) is 0 Å². The molecule has 0 spiro atoms. The van der Waals surface area contributed by atoms with Gasteiger partial charge in [0, 0.05) is 5.56 Å². The third-order valence-corrected chi connectivity index (χ3v) is 2.28. The SMILES string of the molecule is C=CCc1cc(O)c(C)c(C)c1O. The first-order valence-corrected chi connectivity index (χ1v) is 4.19. The number of hydrogen-bond acceptors (Lipinski definition) is 2. The molecule has 70 valence electrons. The molecule has 0 saturated carbocycles. The predicted octanol–water partition coefficient (Wildman–Crippen LogP) is 2.44. The van der Waals surface area contributed by atoms with E-state index in [0.717, 1.165) is 16.7 Å². The highest BCUT2D eigenvalue weighted by molar-refractivity contribution is 5.51. The molecule has 1 aromatic carbocycles. The van der Waals surface area contributed by atoms with E-state index in [4.69, 9.17) is 0 Å².